The third kappa shape index (κ3) is 3.78. The Labute approximate surface area is 180 Å². The normalized spacial score (nSPS) is 13.0. The smallest absolute Gasteiger partial charge is 0.341 e. The average Bonchev–Trinajstić information content (AvgIpc) is 3.08. The van der Waals surface area contributed by atoms with Crippen LogP contribution in [0.2, 0.25) is 0 Å². The molecule has 2 heterocycles. The minimum atomic E-state index is -0.363. The zero-order chi connectivity index (χ0) is 20.4. The molecule has 3 aromatic rings. The molecule has 4 nitrogen and oxygen atoms in total. The van der Waals surface area contributed by atoms with Crippen molar-refractivity contribution in [1.82, 2.24) is 0 Å². The number of anilines is 2. The number of carbonyl (C=O) groups excluding carboxylic acids is 1. The number of hydrogen-bond acceptors (Lipinski definition) is 4. The molecule has 0 spiro atoms. The first kappa shape index (κ1) is 19.6. The second-order valence-corrected chi connectivity index (χ2v) is 8.52. The number of fused-ring (bicyclic) bond motifs is 1. The maximum atomic E-state index is 12.7. The number of para-hydroxylation sites is 1. The van der Waals surface area contributed by atoms with Crippen LogP contribution >= 0.6 is 23.6 Å². The van der Waals surface area contributed by atoms with Crippen LogP contribution in [0.5, 0.6) is 0 Å². The van der Waals surface area contributed by atoms with E-state index in [0.717, 1.165) is 46.1 Å². The number of nitrogens with one attached hydrogen (secondary N) is 1. The first-order chi connectivity index (χ1) is 14.1. The van der Waals surface area contributed by atoms with Crippen LogP contribution in [-0.4, -0.2) is 24.7 Å². The second-order valence-electron chi connectivity index (χ2n) is 6.91. The molecule has 0 aliphatic carbocycles. The van der Waals surface area contributed by atoms with Crippen molar-refractivity contribution in [3.05, 3.63) is 70.6 Å². The van der Waals surface area contributed by atoms with E-state index in [9.17, 15) is 4.79 Å². The number of thiophene rings is 1. The van der Waals surface area contributed by atoms with Crippen LogP contribution < -0.4 is 10.2 Å². The van der Waals surface area contributed by atoms with Gasteiger partial charge in [-0.2, -0.15) is 0 Å². The highest BCUT2D eigenvalue weighted by Crippen LogP contribution is 2.40. The molecule has 1 aliphatic heterocycles. The summed E-state index contributed by atoms with van der Waals surface area (Å²) in [6, 6.07) is 18.2. The zero-order valence-corrected chi connectivity index (χ0v) is 18.0. The lowest BCUT2D eigenvalue weighted by atomic mass is 10.0. The molecule has 148 valence electrons. The SMILES string of the molecule is COC(=O)c1c(NC(=S)N2CCCc3ccccc32)sc(C)c1-c1ccccc1. The Morgan fingerprint density at radius 3 is 2.62 bits per heavy atom. The number of aryl methyl sites for hydroxylation is 2. The van der Waals surface area contributed by atoms with Crippen LogP contribution in [0.1, 0.15) is 27.2 Å². The first-order valence-corrected chi connectivity index (χ1v) is 10.8. The third-order valence-corrected chi connectivity index (χ3v) is 6.46. The van der Waals surface area contributed by atoms with Crippen molar-refractivity contribution in [1.29, 1.82) is 0 Å². The van der Waals surface area contributed by atoms with Crippen molar-refractivity contribution in [3.8, 4) is 11.1 Å². The molecule has 4 rings (SSSR count). The number of benzene rings is 2. The summed E-state index contributed by atoms with van der Waals surface area (Å²) in [5.74, 6) is -0.363. The van der Waals surface area contributed by atoms with Crippen molar-refractivity contribution in [2.45, 2.75) is 19.8 Å². The van der Waals surface area contributed by atoms with Gasteiger partial charge in [0.05, 0.1) is 7.11 Å². The Hall–Kier alpha value is -2.70. The Bertz CT molecular complexity index is 1060. The molecule has 0 radical (unpaired) electrons. The summed E-state index contributed by atoms with van der Waals surface area (Å²) in [5.41, 5.74) is 4.85. The number of methoxy groups -OCH3 is 1. The molecule has 6 heteroatoms. The number of ether oxygens (including phenoxy) is 1. The lowest BCUT2D eigenvalue weighted by Crippen LogP contribution is -2.38. The molecule has 0 atom stereocenters. The molecule has 1 aliphatic rings. The van der Waals surface area contributed by atoms with E-state index >= 15 is 0 Å². The van der Waals surface area contributed by atoms with Gasteiger partial charge in [0.2, 0.25) is 0 Å². The highest BCUT2D eigenvalue weighted by molar-refractivity contribution is 7.80. The highest BCUT2D eigenvalue weighted by atomic mass is 32.1. The quantitative estimate of drug-likeness (QED) is 0.436. The number of nitrogens with zero attached hydrogens (tertiary/aromatic N) is 1. The fourth-order valence-electron chi connectivity index (χ4n) is 3.79. The minimum absolute atomic E-state index is 0.363. The molecule has 0 saturated heterocycles. The van der Waals surface area contributed by atoms with Crippen LogP contribution in [0.15, 0.2) is 54.6 Å². The van der Waals surface area contributed by atoms with Crippen LogP contribution in [0, 0.1) is 6.92 Å². The average molecular weight is 423 g/mol. The fraction of sp³-hybridized carbons (Fsp3) is 0.217. The fourth-order valence-corrected chi connectivity index (χ4v) is 5.21. The van der Waals surface area contributed by atoms with E-state index in [-0.39, 0.29) is 5.97 Å². The summed E-state index contributed by atoms with van der Waals surface area (Å²) < 4.78 is 5.11. The standard InChI is InChI=1S/C23H22N2O2S2/c1-15-19(17-10-4-3-5-11-17)20(22(26)27-2)21(29-15)24-23(28)25-14-8-12-16-9-6-7-13-18(16)25/h3-7,9-11,13H,8,12,14H2,1-2H3,(H,24,28). The third-order valence-electron chi connectivity index (χ3n) is 5.11. The summed E-state index contributed by atoms with van der Waals surface area (Å²) >= 11 is 7.28. The predicted molar refractivity (Wildman–Crippen MR) is 124 cm³/mol. The molecular weight excluding hydrogens is 400 g/mol. The highest BCUT2D eigenvalue weighted by Gasteiger charge is 2.26. The van der Waals surface area contributed by atoms with Crippen LogP contribution in [-0.2, 0) is 11.2 Å². The lowest BCUT2D eigenvalue weighted by molar-refractivity contribution is 0.0603. The van der Waals surface area contributed by atoms with E-state index in [4.69, 9.17) is 17.0 Å². The van der Waals surface area contributed by atoms with Gasteiger partial charge >= 0.3 is 5.97 Å². The van der Waals surface area contributed by atoms with Gasteiger partial charge in [-0.25, -0.2) is 4.79 Å². The first-order valence-electron chi connectivity index (χ1n) is 9.53. The molecule has 29 heavy (non-hydrogen) atoms. The van der Waals surface area contributed by atoms with Crippen molar-refractivity contribution < 1.29 is 9.53 Å². The van der Waals surface area contributed by atoms with Gasteiger partial charge < -0.3 is 15.0 Å². The summed E-state index contributed by atoms with van der Waals surface area (Å²) in [5, 5.41) is 4.67. The molecule has 0 amide bonds. The second kappa shape index (κ2) is 8.35. The molecular formula is C23H22N2O2S2. The van der Waals surface area contributed by atoms with Crippen LogP contribution in [0.4, 0.5) is 10.7 Å². The zero-order valence-electron chi connectivity index (χ0n) is 16.4. The Kier molecular flexibility index (Phi) is 5.65. The van der Waals surface area contributed by atoms with Gasteiger partial charge in [0.1, 0.15) is 10.6 Å². The lowest BCUT2D eigenvalue weighted by Gasteiger charge is -2.31. The summed E-state index contributed by atoms with van der Waals surface area (Å²) in [4.78, 5) is 15.8. The Morgan fingerprint density at radius 2 is 1.86 bits per heavy atom. The van der Waals surface area contributed by atoms with E-state index in [2.05, 4.69) is 28.4 Å². The monoisotopic (exact) mass is 422 g/mol. The topological polar surface area (TPSA) is 41.6 Å². The molecule has 1 N–H and O–H groups in total. The van der Waals surface area contributed by atoms with E-state index in [1.54, 1.807) is 0 Å². The van der Waals surface area contributed by atoms with Gasteiger partial charge in [-0.05, 0) is 49.2 Å². The van der Waals surface area contributed by atoms with Crippen LogP contribution in [0.3, 0.4) is 0 Å². The largest absolute Gasteiger partial charge is 0.465 e. The van der Waals surface area contributed by atoms with Gasteiger partial charge in [-0.3, -0.25) is 0 Å². The van der Waals surface area contributed by atoms with E-state index in [1.165, 1.54) is 24.0 Å². The van der Waals surface area contributed by atoms with Gasteiger partial charge in [-0.1, -0.05) is 48.5 Å². The molecule has 0 bridgehead atoms. The molecule has 0 fully saturated rings. The van der Waals surface area contributed by atoms with Gasteiger partial charge in [0.15, 0.2) is 5.11 Å². The number of hydrogen-bond donors (Lipinski definition) is 1. The maximum absolute atomic E-state index is 12.7. The predicted octanol–water partition coefficient (Wildman–Crippen LogP) is 5.66. The van der Waals surface area contributed by atoms with Crippen molar-refractivity contribution >= 4 is 45.3 Å². The van der Waals surface area contributed by atoms with E-state index in [0.29, 0.717) is 10.7 Å². The van der Waals surface area contributed by atoms with Crippen molar-refractivity contribution in [2.75, 3.05) is 23.9 Å². The molecule has 2 aromatic carbocycles. The number of rotatable bonds is 3. The van der Waals surface area contributed by atoms with Gasteiger partial charge in [0, 0.05) is 22.7 Å². The Balaban J connectivity index is 1.71. The summed E-state index contributed by atoms with van der Waals surface area (Å²) in [7, 11) is 1.41. The maximum Gasteiger partial charge on any atom is 0.341 e. The Morgan fingerprint density at radius 1 is 1.14 bits per heavy atom. The molecule has 0 saturated carbocycles. The van der Waals surface area contributed by atoms with Crippen molar-refractivity contribution in [2.24, 2.45) is 0 Å². The summed E-state index contributed by atoms with van der Waals surface area (Å²) in [6.07, 6.45) is 2.10. The van der Waals surface area contributed by atoms with Crippen molar-refractivity contribution in [3.63, 3.8) is 0 Å². The summed E-state index contributed by atoms with van der Waals surface area (Å²) in [6.45, 7) is 2.87. The van der Waals surface area contributed by atoms with Gasteiger partial charge in [-0.15, -0.1) is 11.3 Å². The minimum Gasteiger partial charge on any atom is -0.465 e. The van der Waals surface area contributed by atoms with Gasteiger partial charge in [0.25, 0.3) is 0 Å². The molecule has 0 unspecified atom stereocenters. The molecule has 1 aromatic heterocycles. The van der Waals surface area contributed by atoms with Crippen LogP contribution in [0.25, 0.3) is 11.1 Å². The number of esters is 1. The van der Waals surface area contributed by atoms with E-state index < -0.39 is 0 Å². The number of carbonyl (C=O) groups is 1. The number of thiocarbonyl (C=S) groups is 1. The van der Waals surface area contributed by atoms with E-state index in [1.807, 2.05) is 43.3 Å².